The SMILES string of the molecule is CCCn1nccc1-c1cc(F)ccc1CNCC. The number of rotatable bonds is 6. The molecule has 19 heavy (non-hydrogen) atoms. The van der Waals surface area contributed by atoms with Crippen LogP contribution in [0.15, 0.2) is 30.5 Å². The topological polar surface area (TPSA) is 29.9 Å². The molecule has 0 atom stereocenters. The van der Waals surface area contributed by atoms with Crippen molar-refractivity contribution in [1.29, 1.82) is 0 Å². The first kappa shape index (κ1) is 13.7. The van der Waals surface area contributed by atoms with Crippen LogP contribution >= 0.6 is 0 Å². The molecule has 1 heterocycles. The first-order chi connectivity index (χ1) is 9.26. The van der Waals surface area contributed by atoms with Crippen molar-refractivity contribution in [3.05, 3.63) is 41.8 Å². The van der Waals surface area contributed by atoms with Crippen molar-refractivity contribution in [2.45, 2.75) is 33.4 Å². The Kier molecular flexibility index (Phi) is 4.68. The highest BCUT2D eigenvalue weighted by Crippen LogP contribution is 2.25. The van der Waals surface area contributed by atoms with E-state index in [0.29, 0.717) is 0 Å². The summed E-state index contributed by atoms with van der Waals surface area (Å²) in [7, 11) is 0. The third-order valence-corrected chi connectivity index (χ3v) is 3.07. The van der Waals surface area contributed by atoms with Crippen LogP contribution in [0.4, 0.5) is 4.39 Å². The Morgan fingerprint density at radius 2 is 2.11 bits per heavy atom. The molecular formula is C15H20FN3. The number of benzene rings is 1. The van der Waals surface area contributed by atoms with Crippen molar-refractivity contribution in [2.75, 3.05) is 6.54 Å². The molecule has 0 unspecified atom stereocenters. The maximum Gasteiger partial charge on any atom is 0.123 e. The highest BCUT2D eigenvalue weighted by Gasteiger charge is 2.11. The van der Waals surface area contributed by atoms with Crippen LogP contribution in [0.5, 0.6) is 0 Å². The van der Waals surface area contributed by atoms with E-state index < -0.39 is 0 Å². The van der Waals surface area contributed by atoms with Gasteiger partial charge in [-0.3, -0.25) is 4.68 Å². The van der Waals surface area contributed by atoms with Gasteiger partial charge in [0.05, 0.1) is 5.69 Å². The van der Waals surface area contributed by atoms with Crippen molar-refractivity contribution < 1.29 is 4.39 Å². The first-order valence-corrected chi connectivity index (χ1v) is 6.77. The molecule has 2 rings (SSSR count). The van der Waals surface area contributed by atoms with E-state index in [0.717, 1.165) is 42.9 Å². The third-order valence-electron chi connectivity index (χ3n) is 3.07. The third kappa shape index (κ3) is 3.20. The molecule has 2 aromatic rings. The molecule has 102 valence electrons. The minimum Gasteiger partial charge on any atom is -0.313 e. The Balaban J connectivity index is 2.40. The molecule has 0 spiro atoms. The second-order valence-electron chi connectivity index (χ2n) is 4.52. The number of hydrogen-bond donors (Lipinski definition) is 1. The molecule has 0 bridgehead atoms. The smallest absolute Gasteiger partial charge is 0.123 e. The maximum atomic E-state index is 13.5. The van der Waals surface area contributed by atoms with Crippen LogP contribution in [-0.4, -0.2) is 16.3 Å². The minimum absolute atomic E-state index is 0.209. The summed E-state index contributed by atoms with van der Waals surface area (Å²) in [5, 5.41) is 7.59. The van der Waals surface area contributed by atoms with Crippen LogP contribution in [0.1, 0.15) is 25.8 Å². The Bertz CT molecular complexity index is 534. The zero-order chi connectivity index (χ0) is 13.7. The molecule has 0 aliphatic heterocycles. The van der Waals surface area contributed by atoms with Crippen LogP contribution in [0.25, 0.3) is 11.3 Å². The van der Waals surface area contributed by atoms with Crippen LogP contribution in [0.2, 0.25) is 0 Å². The highest BCUT2D eigenvalue weighted by molar-refractivity contribution is 5.64. The van der Waals surface area contributed by atoms with Gasteiger partial charge in [-0.1, -0.05) is 19.9 Å². The lowest BCUT2D eigenvalue weighted by molar-refractivity contribution is 0.605. The fourth-order valence-electron chi connectivity index (χ4n) is 2.15. The second kappa shape index (κ2) is 6.48. The molecule has 0 aliphatic rings. The van der Waals surface area contributed by atoms with Crippen LogP contribution in [-0.2, 0) is 13.1 Å². The number of nitrogens with zero attached hydrogens (tertiary/aromatic N) is 2. The minimum atomic E-state index is -0.209. The molecule has 0 amide bonds. The zero-order valence-electron chi connectivity index (χ0n) is 11.5. The summed E-state index contributed by atoms with van der Waals surface area (Å²) < 4.78 is 15.5. The predicted octanol–water partition coefficient (Wildman–Crippen LogP) is 3.21. The van der Waals surface area contributed by atoms with Crippen molar-refractivity contribution >= 4 is 0 Å². The monoisotopic (exact) mass is 261 g/mol. The van der Waals surface area contributed by atoms with E-state index >= 15 is 0 Å². The van der Waals surface area contributed by atoms with Gasteiger partial charge in [0.1, 0.15) is 5.82 Å². The molecule has 1 aromatic carbocycles. The predicted molar refractivity (Wildman–Crippen MR) is 75.3 cm³/mol. The molecule has 3 nitrogen and oxygen atoms in total. The normalized spacial score (nSPS) is 10.9. The van der Waals surface area contributed by atoms with Gasteiger partial charge >= 0.3 is 0 Å². The fourth-order valence-corrected chi connectivity index (χ4v) is 2.15. The Hall–Kier alpha value is -1.68. The molecule has 1 aromatic heterocycles. The van der Waals surface area contributed by atoms with E-state index in [1.807, 2.05) is 16.8 Å². The summed E-state index contributed by atoms with van der Waals surface area (Å²) in [6, 6.07) is 6.89. The van der Waals surface area contributed by atoms with Gasteiger partial charge in [0.25, 0.3) is 0 Å². The van der Waals surface area contributed by atoms with Crippen molar-refractivity contribution in [2.24, 2.45) is 0 Å². The van der Waals surface area contributed by atoms with Gasteiger partial charge in [-0.2, -0.15) is 5.10 Å². The molecule has 0 saturated heterocycles. The van der Waals surface area contributed by atoms with Crippen molar-refractivity contribution in [3.8, 4) is 11.3 Å². The van der Waals surface area contributed by atoms with Gasteiger partial charge in [0.15, 0.2) is 0 Å². The first-order valence-electron chi connectivity index (χ1n) is 6.77. The lowest BCUT2D eigenvalue weighted by Crippen LogP contribution is -2.13. The van der Waals surface area contributed by atoms with Crippen LogP contribution < -0.4 is 5.32 Å². The summed E-state index contributed by atoms with van der Waals surface area (Å²) in [5.74, 6) is -0.209. The van der Waals surface area contributed by atoms with E-state index in [9.17, 15) is 4.39 Å². The molecule has 0 fully saturated rings. The largest absolute Gasteiger partial charge is 0.313 e. The number of aryl methyl sites for hydroxylation is 1. The number of hydrogen-bond acceptors (Lipinski definition) is 2. The van der Waals surface area contributed by atoms with Gasteiger partial charge in [0.2, 0.25) is 0 Å². The van der Waals surface area contributed by atoms with E-state index in [2.05, 4.69) is 24.3 Å². The van der Waals surface area contributed by atoms with Gasteiger partial charge in [-0.25, -0.2) is 4.39 Å². The summed E-state index contributed by atoms with van der Waals surface area (Å²) >= 11 is 0. The summed E-state index contributed by atoms with van der Waals surface area (Å²) in [6.45, 7) is 6.65. The highest BCUT2D eigenvalue weighted by atomic mass is 19.1. The number of aromatic nitrogens is 2. The average molecular weight is 261 g/mol. The summed E-state index contributed by atoms with van der Waals surface area (Å²) in [4.78, 5) is 0. The van der Waals surface area contributed by atoms with Gasteiger partial charge in [0, 0.05) is 24.8 Å². The van der Waals surface area contributed by atoms with Crippen LogP contribution in [0.3, 0.4) is 0 Å². The Labute approximate surface area is 113 Å². The molecule has 0 radical (unpaired) electrons. The fraction of sp³-hybridized carbons (Fsp3) is 0.400. The molecule has 1 N–H and O–H groups in total. The standard InChI is InChI=1S/C15H20FN3/c1-3-9-19-15(7-8-18-19)14-10-13(16)6-5-12(14)11-17-4-2/h5-8,10,17H,3-4,9,11H2,1-2H3. The molecule has 4 heteroatoms. The number of halogens is 1. The Morgan fingerprint density at radius 1 is 1.26 bits per heavy atom. The van der Waals surface area contributed by atoms with E-state index in [4.69, 9.17) is 0 Å². The number of nitrogens with one attached hydrogen (secondary N) is 1. The summed E-state index contributed by atoms with van der Waals surface area (Å²) in [5.41, 5.74) is 3.00. The van der Waals surface area contributed by atoms with E-state index in [1.165, 1.54) is 6.07 Å². The van der Waals surface area contributed by atoms with Crippen LogP contribution in [0, 0.1) is 5.82 Å². The summed E-state index contributed by atoms with van der Waals surface area (Å²) in [6.07, 6.45) is 2.78. The van der Waals surface area contributed by atoms with Crippen molar-refractivity contribution in [3.63, 3.8) is 0 Å². The average Bonchev–Trinajstić information content (AvgIpc) is 2.86. The molecular weight excluding hydrogens is 241 g/mol. The van der Waals surface area contributed by atoms with Crippen molar-refractivity contribution in [1.82, 2.24) is 15.1 Å². The molecule has 0 saturated carbocycles. The second-order valence-corrected chi connectivity index (χ2v) is 4.52. The molecule has 0 aliphatic carbocycles. The van der Waals surface area contributed by atoms with E-state index in [-0.39, 0.29) is 5.82 Å². The van der Waals surface area contributed by atoms with Gasteiger partial charge in [-0.15, -0.1) is 0 Å². The lowest BCUT2D eigenvalue weighted by Gasteiger charge is -2.12. The zero-order valence-corrected chi connectivity index (χ0v) is 11.5. The quantitative estimate of drug-likeness (QED) is 0.865. The Morgan fingerprint density at radius 3 is 2.84 bits per heavy atom. The maximum absolute atomic E-state index is 13.5. The lowest BCUT2D eigenvalue weighted by atomic mass is 10.0. The van der Waals surface area contributed by atoms with Gasteiger partial charge in [-0.05, 0) is 36.7 Å². The van der Waals surface area contributed by atoms with Gasteiger partial charge < -0.3 is 5.32 Å². The van der Waals surface area contributed by atoms with E-state index in [1.54, 1.807) is 12.3 Å².